The van der Waals surface area contributed by atoms with Gasteiger partial charge in [-0.05, 0) is 18.2 Å². The Morgan fingerprint density at radius 1 is 1.47 bits per heavy atom. The molecule has 0 bridgehead atoms. The monoisotopic (exact) mass is 251 g/mol. The van der Waals surface area contributed by atoms with Crippen molar-refractivity contribution in [3.63, 3.8) is 0 Å². The molecule has 17 heavy (non-hydrogen) atoms. The number of anilines is 1. The number of halogens is 1. The fourth-order valence-corrected chi connectivity index (χ4v) is 1.85. The Morgan fingerprint density at radius 3 is 2.76 bits per heavy atom. The van der Waals surface area contributed by atoms with Crippen LogP contribution in [0.2, 0.25) is 0 Å². The lowest BCUT2D eigenvalue weighted by atomic mass is 10.1. The second-order valence-corrected chi connectivity index (χ2v) is 4.16. The van der Waals surface area contributed by atoms with Crippen LogP contribution in [0.25, 0.3) is 0 Å². The minimum Gasteiger partial charge on any atom is -0.497 e. The molecule has 1 heterocycles. The molecular formula is C12H10ClNO3. The number of hydrogen-bond acceptors (Lipinski definition) is 3. The largest absolute Gasteiger partial charge is 0.497 e. The first-order chi connectivity index (χ1) is 8.04. The van der Waals surface area contributed by atoms with Crippen molar-refractivity contribution < 1.29 is 14.3 Å². The molecule has 0 saturated carbocycles. The highest BCUT2D eigenvalue weighted by atomic mass is 35.5. The Bertz CT molecular complexity index is 524. The van der Waals surface area contributed by atoms with E-state index in [0.717, 1.165) is 0 Å². The van der Waals surface area contributed by atoms with Crippen LogP contribution in [0.3, 0.4) is 0 Å². The van der Waals surface area contributed by atoms with E-state index in [-0.39, 0.29) is 6.54 Å². The van der Waals surface area contributed by atoms with Crippen LogP contribution in [0.15, 0.2) is 29.8 Å². The summed E-state index contributed by atoms with van der Waals surface area (Å²) in [6.45, 7) is 3.65. The van der Waals surface area contributed by atoms with Gasteiger partial charge in [-0.15, -0.1) is 0 Å². The van der Waals surface area contributed by atoms with Crippen molar-refractivity contribution in [2.45, 2.75) is 0 Å². The molecular weight excluding hydrogens is 242 g/mol. The van der Waals surface area contributed by atoms with Gasteiger partial charge in [0.2, 0.25) is 0 Å². The zero-order chi connectivity index (χ0) is 12.6. The second kappa shape index (κ2) is 4.22. The molecule has 5 heteroatoms. The van der Waals surface area contributed by atoms with E-state index in [1.807, 2.05) is 0 Å². The van der Waals surface area contributed by atoms with E-state index < -0.39 is 11.7 Å². The third-order valence-electron chi connectivity index (χ3n) is 2.51. The van der Waals surface area contributed by atoms with E-state index in [9.17, 15) is 9.59 Å². The maximum absolute atomic E-state index is 11.7. The molecule has 2 rings (SSSR count). The summed E-state index contributed by atoms with van der Waals surface area (Å²) in [4.78, 5) is 24.8. The van der Waals surface area contributed by atoms with E-state index in [4.69, 9.17) is 16.3 Å². The van der Waals surface area contributed by atoms with Gasteiger partial charge in [0, 0.05) is 5.03 Å². The van der Waals surface area contributed by atoms with Gasteiger partial charge in [0.05, 0.1) is 24.9 Å². The number of ether oxygens (including phenoxy) is 1. The van der Waals surface area contributed by atoms with Crippen molar-refractivity contribution in [2.75, 3.05) is 18.6 Å². The first-order valence-corrected chi connectivity index (χ1v) is 5.30. The summed E-state index contributed by atoms with van der Waals surface area (Å²) >= 11 is 5.67. The Morgan fingerprint density at radius 2 is 2.18 bits per heavy atom. The van der Waals surface area contributed by atoms with Gasteiger partial charge in [0.1, 0.15) is 5.75 Å². The summed E-state index contributed by atoms with van der Waals surface area (Å²) in [6, 6.07) is 4.90. The fraction of sp³-hybridized carbons (Fsp3) is 0.167. The minimum atomic E-state index is -0.588. The quantitative estimate of drug-likeness (QED) is 0.772. The number of ketones is 1. The maximum atomic E-state index is 11.7. The number of fused-ring (bicyclic) bond motifs is 1. The second-order valence-electron chi connectivity index (χ2n) is 3.62. The SMILES string of the molecule is C=C(Cl)CN1C(=O)C(=O)c2cc(OC)ccc21. The van der Waals surface area contributed by atoms with E-state index in [1.54, 1.807) is 18.2 Å². The first-order valence-electron chi connectivity index (χ1n) is 4.92. The van der Waals surface area contributed by atoms with Crippen LogP contribution in [0, 0.1) is 0 Å². The number of carbonyl (C=O) groups excluding carboxylic acids is 2. The van der Waals surface area contributed by atoms with Crippen molar-refractivity contribution >= 4 is 29.0 Å². The third-order valence-corrected chi connectivity index (χ3v) is 2.63. The summed E-state index contributed by atoms with van der Waals surface area (Å²) < 4.78 is 5.01. The molecule has 4 nitrogen and oxygen atoms in total. The van der Waals surface area contributed by atoms with Gasteiger partial charge in [0.15, 0.2) is 0 Å². The first kappa shape index (κ1) is 11.7. The smallest absolute Gasteiger partial charge is 0.299 e. The van der Waals surface area contributed by atoms with E-state index in [0.29, 0.717) is 22.0 Å². The van der Waals surface area contributed by atoms with Gasteiger partial charge in [-0.2, -0.15) is 0 Å². The van der Waals surface area contributed by atoms with Crippen molar-refractivity contribution in [1.82, 2.24) is 0 Å². The predicted molar refractivity (Wildman–Crippen MR) is 64.7 cm³/mol. The summed E-state index contributed by atoms with van der Waals surface area (Å²) in [5, 5.41) is 0.301. The highest BCUT2D eigenvalue weighted by molar-refractivity contribution is 6.52. The van der Waals surface area contributed by atoms with Gasteiger partial charge in [0.25, 0.3) is 11.7 Å². The van der Waals surface area contributed by atoms with Crippen molar-refractivity contribution in [3.05, 3.63) is 35.4 Å². The normalized spacial score (nSPS) is 13.9. The molecule has 1 aromatic carbocycles. The summed E-state index contributed by atoms with van der Waals surface area (Å²) in [7, 11) is 1.50. The summed E-state index contributed by atoms with van der Waals surface area (Å²) in [5.41, 5.74) is 0.884. The van der Waals surface area contributed by atoms with E-state index in [2.05, 4.69) is 6.58 Å². The van der Waals surface area contributed by atoms with Gasteiger partial charge < -0.3 is 4.74 Å². The van der Waals surface area contributed by atoms with Gasteiger partial charge >= 0.3 is 0 Å². The van der Waals surface area contributed by atoms with Gasteiger partial charge in [-0.1, -0.05) is 18.2 Å². The number of methoxy groups -OCH3 is 1. The number of carbonyl (C=O) groups is 2. The number of hydrogen-bond donors (Lipinski definition) is 0. The van der Waals surface area contributed by atoms with Crippen LogP contribution in [-0.4, -0.2) is 25.3 Å². The molecule has 1 amide bonds. The number of Topliss-reactive ketones (excluding diaryl/α,β-unsaturated/α-hetero) is 1. The van der Waals surface area contributed by atoms with E-state index >= 15 is 0 Å². The van der Waals surface area contributed by atoms with E-state index in [1.165, 1.54) is 12.0 Å². The Kier molecular flexibility index (Phi) is 2.90. The molecule has 1 aromatic rings. The Balaban J connectivity index is 2.47. The number of rotatable bonds is 3. The molecule has 0 unspecified atom stereocenters. The predicted octanol–water partition coefficient (Wildman–Crippen LogP) is 1.98. The zero-order valence-corrected chi connectivity index (χ0v) is 9.95. The average Bonchev–Trinajstić information content (AvgIpc) is 2.54. The van der Waals surface area contributed by atoms with Crippen molar-refractivity contribution in [2.24, 2.45) is 0 Å². The average molecular weight is 252 g/mol. The molecule has 0 aromatic heterocycles. The van der Waals surface area contributed by atoms with Crippen LogP contribution in [0.1, 0.15) is 10.4 Å². The van der Waals surface area contributed by atoms with Gasteiger partial charge in [-0.25, -0.2) is 0 Å². The third kappa shape index (κ3) is 1.91. The molecule has 1 aliphatic heterocycles. The summed E-state index contributed by atoms with van der Waals surface area (Å²) in [6.07, 6.45) is 0. The molecule has 88 valence electrons. The molecule has 0 aliphatic carbocycles. The maximum Gasteiger partial charge on any atom is 0.299 e. The zero-order valence-electron chi connectivity index (χ0n) is 9.20. The standard InChI is InChI=1S/C12H10ClNO3/c1-7(13)6-14-10-4-3-8(17-2)5-9(10)11(15)12(14)16/h3-5H,1,6H2,2H3. The molecule has 0 spiro atoms. The molecule has 0 fully saturated rings. The highest BCUT2D eigenvalue weighted by Crippen LogP contribution is 2.32. The lowest BCUT2D eigenvalue weighted by molar-refractivity contribution is -0.114. The molecule has 0 atom stereocenters. The Labute approximate surface area is 103 Å². The number of benzene rings is 1. The Hall–Kier alpha value is -1.81. The molecule has 0 N–H and O–H groups in total. The highest BCUT2D eigenvalue weighted by Gasteiger charge is 2.36. The summed E-state index contributed by atoms with van der Waals surface area (Å²) in [5.74, 6) is -0.594. The van der Waals surface area contributed by atoms with Gasteiger partial charge in [-0.3, -0.25) is 14.5 Å². The number of nitrogens with zero attached hydrogens (tertiary/aromatic N) is 1. The van der Waals surface area contributed by atoms with Crippen LogP contribution >= 0.6 is 11.6 Å². The molecule has 1 aliphatic rings. The fourth-order valence-electron chi connectivity index (χ4n) is 1.74. The van der Waals surface area contributed by atoms with Crippen molar-refractivity contribution in [1.29, 1.82) is 0 Å². The molecule has 0 radical (unpaired) electrons. The van der Waals surface area contributed by atoms with Crippen LogP contribution in [0.4, 0.5) is 5.69 Å². The topological polar surface area (TPSA) is 46.6 Å². The lowest BCUT2D eigenvalue weighted by Crippen LogP contribution is -2.30. The minimum absolute atomic E-state index is 0.130. The van der Waals surface area contributed by atoms with Crippen LogP contribution in [-0.2, 0) is 4.79 Å². The number of amides is 1. The van der Waals surface area contributed by atoms with Crippen LogP contribution in [0.5, 0.6) is 5.75 Å². The van der Waals surface area contributed by atoms with Crippen molar-refractivity contribution in [3.8, 4) is 5.75 Å². The lowest BCUT2D eigenvalue weighted by Gasteiger charge is -2.15. The molecule has 0 saturated heterocycles. The van der Waals surface area contributed by atoms with Crippen LogP contribution < -0.4 is 9.64 Å².